The number of carbonyl (C=O) groups is 1. The van der Waals surface area contributed by atoms with Gasteiger partial charge in [-0.1, -0.05) is 36.4 Å². The number of hydrogen-bond acceptors (Lipinski definition) is 3. The van der Waals surface area contributed by atoms with Crippen molar-refractivity contribution in [2.45, 2.75) is 6.36 Å². The number of halogens is 3. The van der Waals surface area contributed by atoms with E-state index < -0.39 is 12.3 Å². The lowest BCUT2D eigenvalue weighted by Gasteiger charge is -2.08. The molecule has 1 heterocycles. The molecule has 0 spiro atoms. The van der Waals surface area contributed by atoms with Gasteiger partial charge in [0.15, 0.2) is 0 Å². The fourth-order valence-electron chi connectivity index (χ4n) is 2.22. The number of aromatic nitrogens is 2. The van der Waals surface area contributed by atoms with Crippen LogP contribution in [0.1, 0.15) is 21.6 Å². The maximum Gasteiger partial charge on any atom is 0.573 e. The van der Waals surface area contributed by atoms with Crippen LogP contribution in [0.25, 0.3) is 12.2 Å². The molecule has 0 amide bonds. The first-order valence-corrected chi connectivity index (χ1v) is 7.60. The second kappa shape index (κ2) is 7.26. The first-order valence-electron chi connectivity index (χ1n) is 7.60. The minimum Gasteiger partial charge on any atom is -0.406 e. The van der Waals surface area contributed by atoms with Gasteiger partial charge in [-0.15, -0.1) is 13.2 Å². The highest BCUT2D eigenvalue weighted by atomic mass is 19.4. The van der Waals surface area contributed by atoms with Crippen molar-refractivity contribution in [3.63, 3.8) is 0 Å². The van der Waals surface area contributed by atoms with E-state index in [0.29, 0.717) is 5.69 Å². The summed E-state index contributed by atoms with van der Waals surface area (Å²) in [5.74, 6) is -0.844. The van der Waals surface area contributed by atoms with Gasteiger partial charge in [-0.2, -0.15) is 5.10 Å². The maximum atomic E-state index is 12.3. The molecule has 0 fully saturated rings. The van der Waals surface area contributed by atoms with Gasteiger partial charge in [0.1, 0.15) is 5.75 Å². The molecular formula is C19H13F3N2O2. The fourth-order valence-corrected chi connectivity index (χ4v) is 2.22. The Balaban J connectivity index is 1.71. The summed E-state index contributed by atoms with van der Waals surface area (Å²) in [5.41, 5.74) is 1.77. The fraction of sp³-hybridized carbons (Fsp3) is 0.0526. The predicted molar refractivity (Wildman–Crippen MR) is 90.5 cm³/mol. The van der Waals surface area contributed by atoms with Crippen molar-refractivity contribution in [2.75, 3.05) is 0 Å². The molecule has 0 unspecified atom stereocenters. The summed E-state index contributed by atoms with van der Waals surface area (Å²) in [6.07, 6.45) is 0.348. The van der Waals surface area contributed by atoms with Crippen molar-refractivity contribution in [3.05, 3.63) is 83.7 Å². The standard InChI is InChI=1S/C19H13F3N2O2/c20-19(21,22)26-17-10-7-15(8-11-17)18(25)24-13-12-16(23-24)9-6-14-4-2-1-3-5-14/h1-13H. The van der Waals surface area contributed by atoms with Gasteiger partial charge in [0, 0.05) is 11.8 Å². The van der Waals surface area contributed by atoms with E-state index >= 15 is 0 Å². The summed E-state index contributed by atoms with van der Waals surface area (Å²) in [6.45, 7) is 0. The summed E-state index contributed by atoms with van der Waals surface area (Å²) in [5, 5.41) is 4.15. The minimum atomic E-state index is -4.77. The first-order chi connectivity index (χ1) is 12.4. The van der Waals surface area contributed by atoms with Crippen molar-refractivity contribution >= 4 is 18.1 Å². The highest BCUT2D eigenvalue weighted by Gasteiger charge is 2.31. The Kier molecular flexibility index (Phi) is 4.88. The van der Waals surface area contributed by atoms with E-state index in [1.807, 2.05) is 36.4 Å². The Morgan fingerprint density at radius 3 is 2.31 bits per heavy atom. The lowest BCUT2D eigenvalue weighted by Crippen LogP contribution is -2.17. The molecule has 0 aliphatic heterocycles. The third kappa shape index (κ3) is 4.60. The van der Waals surface area contributed by atoms with Crippen molar-refractivity contribution in [2.24, 2.45) is 0 Å². The van der Waals surface area contributed by atoms with Crippen molar-refractivity contribution in [3.8, 4) is 5.75 Å². The van der Waals surface area contributed by atoms with Crippen molar-refractivity contribution < 1.29 is 22.7 Å². The lowest BCUT2D eigenvalue weighted by molar-refractivity contribution is -0.274. The molecule has 7 heteroatoms. The first kappa shape index (κ1) is 17.5. The number of ether oxygens (including phenoxy) is 1. The van der Waals surface area contributed by atoms with E-state index in [2.05, 4.69) is 9.84 Å². The van der Waals surface area contributed by atoms with E-state index in [4.69, 9.17) is 0 Å². The lowest BCUT2D eigenvalue weighted by atomic mass is 10.2. The third-order valence-electron chi connectivity index (χ3n) is 3.40. The Morgan fingerprint density at radius 2 is 1.65 bits per heavy atom. The number of benzene rings is 2. The molecule has 1 aromatic heterocycles. The highest BCUT2D eigenvalue weighted by molar-refractivity contribution is 5.95. The number of nitrogens with zero attached hydrogens (tertiary/aromatic N) is 2. The van der Waals surface area contributed by atoms with E-state index in [9.17, 15) is 18.0 Å². The van der Waals surface area contributed by atoms with Crippen LogP contribution in [-0.2, 0) is 0 Å². The second-order valence-electron chi connectivity index (χ2n) is 5.31. The van der Waals surface area contributed by atoms with Gasteiger partial charge in [-0.05, 0) is 42.0 Å². The molecule has 0 radical (unpaired) electrons. The Labute approximate surface area is 147 Å². The Morgan fingerprint density at radius 1 is 0.962 bits per heavy atom. The average molecular weight is 358 g/mol. The van der Waals surface area contributed by atoms with Crippen LogP contribution in [0, 0.1) is 0 Å². The van der Waals surface area contributed by atoms with Crippen LogP contribution in [0.4, 0.5) is 13.2 Å². The molecule has 132 valence electrons. The van der Waals surface area contributed by atoms with Gasteiger partial charge in [0.2, 0.25) is 0 Å². The maximum absolute atomic E-state index is 12.3. The van der Waals surface area contributed by atoms with Crippen LogP contribution < -0.4 is 4.74 Å². The summed E-state index contributed by atoms with van der Waals surface area (Å²) in [7, 11) is 0. The van der Waals surface area contributed by atoms with Crippen molar-refractivity contribution in [1.29, 1.82) is 0 Å². The Bertz CT molecular complexity index is 914. The third-order valence-corrected chi connectivity index (χ3v) is 3.40. The topological polar surface area (TPSA) is 44.1 Å². The van der Waals surface area contributed by atoms with E-state index in [1.54, 1.807) is 12.1 Å². The van der Waals surface area contributed by atoms with E-state index in [0.717, 1.165) is 22.4 Å². The predicted octanol–water partition coefficient (Wildman–Crippen LogP) is 4.64. The Hall–Kier alpha value is -3.35. The average Bonchev–Trinajstić information content (AvgIpc) is 3.08. The molecule has 0 bridgehead atoms. The van der Waals surface area contributed by atoms with Gasteiger partial charge in [0.25, 0.3) is 5.91 Å². The molecule has 3 rings (SSSR count). The summed E-state index contributed by atoms with van der Waals surface area (Å²) in [4.78, 5) is 12.3. The summed E-state index contributed by atoms with van der Waals surface area (Å²) in [6, 6.07) is 15.9. The number of hydrogen-bond donors (Lipinski definition) is 0. The quantitative estimate of drug-likeness (QED) is 0.682. The zero-order valence-electron chi connectivity index (χ0n) is 13.4. The van der Waals surface area contributed by atoms with Crippen LogP contribution in [0.2, 0.25) is 0 Å². The highest BCUT2D eigenvalue weighted by Crippen LogP contribution is 2.23. The zero-order valence-corrected chi connectivity index (χ0v) is 13.4. The summed E-state index contributed by atoms with van der Waals surface area (Å²) < 4.78 is 41.4. The van der Waals surface area contributed by atoms with Crippen LogP contribution >= 0.6 is 0 Å². The van der Waals surface area contributed by atoms with Gasteiger partial charge in [-0.25, -0.2) is 4.68 Å². The molecule has 0 N–H and O–H groups in total. The van der Waals surface area contributed by atoms with Crippen molar-refractivity contribution in [1.82, 2.24) is 9.78 Å². The van der Waals surface area contributed by atoms with E-state index in [1.165, 1.54) is 18.3 Å². The molecule has 2 aromatic carbocycles. The molecule has 0 saturated heterocycles. The molecule has 26 heavy (non-hydrogen) atoms. The van der Waals surface area contributed by atoms with Gasteiger partial charge >= 0.3 is 6.36 Å². The smallest absolute Gasteiger partial charge is 0.406 e. The van der Waals surface area contributed by atoms with Crippen LogP contribution in [0.3, 0.4) is 0 Å². The van der Waals surface area contributed by atoms with Crippen LogP contribution in [-0.4, -0.2) is 22.1 Å². The second-order valence-corrected chi connectivity index (χ2v) is 5.31. The molecule has 0 aliphatic rings. The van der Waals surface area contributed by atoms with Crippen LogP contribution in [0.15, 0.2) is 66.9 Å². The SMILES string of the molecule is O=C(c1ccc(OC(F)(F)F)cc1)n1ccc(C=Cc2ccccc2)n1. The molecule has 3 aromatic rings. The van der Waals surface area contributed by atoms with Crippen LogP contribution in [0.5, 0.6) is 5.75 Å². The molecular weight excluding hydrogens is 345 g/mol. The largest absolute Gasteiger partial charge is 0.573 e. The molecule has 4 nitrogen and oxygen atoms in total. The normalized spacial score (nSPS) is 11.7. The minimum absolute atomic E-state index is 0.196. The molecule has 0 aliphatic carbocycles. The molecule has 0 atom stereocenters. The van der Waals surface area contributed by atoms with Gasteiger partial charge < -0.3 is 4.74 Å². The summed E-state index contributed by atoms with van der Waals surface area (Å²) >= 11 is 0. The molecule has 0 saturated carbocycles. The van der Waals surface area contributed by atoms with Gasteiger partial charge in [0.05, 0.1) is 5.69 Å². The number of rotatable bonds is 4. The van der Waals surface area contributed by atoms with Gasteiger partial charge in [-0.3, -0.25) is 4.79 Å². The monoisotopic (exact) mass is 358 g/mol. The number of carbonyl (C=O) groups excluding carboxylic acids is 1. The number of alkyl halides is 3. The van der Waals surface area contributed by atoms with E-state index in [-0.39, 0.29) is 11.3 Å². The zero-order chi connectivity index (χ0) is 18.6.